The summed E-state index contributed by atoms with van der Waals surface area (Å²) in [6.07, 6.45) is 14.5. The summed E-state index contributed by atoms with van der Waals surface area (Å²) in [6.45, 7) is 7.63. The second kappa shape index (κ2) is 13.2. The highest BCUT2D eigenvalue weighted by Gasteiger charge is 2.27. The van der Waals surface area contributed by atoms with E-state index in [2.05, 4.69) is 63.2 Å². The van der Waals surface area contributed by atoms with Crippen LogP contribution in [0.15, 0.2) is 48.5 Å². The van der Waals surface area contributed by atoms with Gasteiger partial charge in [0.15, 0.2) is 0 Å². The first kappa shape index (κ1) is 25.8. The van der Waals surface area contributed by atoms with Gasteiger partial charge in [-0.1, -0.05) is 115 Å². The van der Waals surface area contributed by atoms with Gasteiger partial charge >= 0.3 is 0 Å². The molecule has 182 valence electrons. The molecule has 1 aliphatic carbocycles. The molecule has 1 aliphatic rings. The number of rotatable bonds is 13. The third-order valence-electron chi connectivity index (χ3n) is 7.52. The van der Waals surface area contributed by atoms with Crippen molar-refractivity contribution in [1.29, 1.82) is 0 Å². The van der Waals surface area contributed by atoms with Gasteiger partial charge in [0.05, 0.1) is 6.10 Å². The summed E-state index contributed by atoms with van der Waals surface area (Å²) in [5, 5.41) is 10.3. The normalized spacial score (nSPS) is 18.9. The zero-order chi connectivity index (χ0) is 23.5. The van der Waals surface area contributed by atoms with Crippen molar-refractivity contribution in [3.8, 4) is 5.75 Å². The van der Waals surface area contributed by atoms with Gasteiger partial charge < -0.3 is 9.84 Å². The van der Waals surface area contributed by atoms with Gasteiger partial charge in [0.1, 0.15) is 12.4 Å². The fourth-order valence-corrected chi connectivity index (χ4v) is 5.27. The maximum atomic E-state index is 10.3. The predicted octanol–water partition coefficient (Wildman–Crippen LogP) is 8.70. The van der Waals surface area contributed by atoms with Crippen LogP contribution < -0.4 is 4.74 Å². The van der Waals surface area contributed by atoms with Crippen LogP contribution in [0.1, 0.15) is 120 Å². The number of benzene rings is 2. The Morgan fingerprint density at radius 3 is 2.36 bits per heavy atom. The van der Waals surface area contributed by atoms with Gasteiger partial charge in [-0.2, -0.15) is 0 Å². The lowest BCUT2D eigenvalue weighted by molar-refractivity contribution is 0.118. The summed E-state index contributed by atoms with van der Waals surface area (Å²) in [6, 6.07) is 17.4. The molecule has 3 rings (SSSR count). The quantitative estimate of drug-likeness (QED) is 0.309. The molecule has 2 nitrogen and oxygen atoms in total. The fraction of sp³-hybridized carbons (Fsp3) is 0.613. The second-order valence-electron chi connectivity index (χ2n) is 10.8. The van der Waals surface area contributed by atoms with Gasteiger partial charge in [0.2, 0.25) is 0 Å². The Bertz CT molecular complexity index is 811. The maximum Gasteiger partial charge on any atom is 0.123 e. The molecule has 0 aromatic heterocycles. The van der Waals surface area contributed by atoms with Gasteiger partial charge in [-0.05, 0) is 59.8 Å². The average Bonchev–Trinajstić information content (AvgIpc) is 2.82. The molecule has 0 radical (unpaired) electrons. The van der Waals surface area contributed by atoms with E-state index < -0.39 is 0 Å². The molecule has 0 amide bonds. The second-order valence-corrected chi connectivity index (χ2v) is 10.8. The molecule has 2 aromatic carbocycles. The standard InChI is InChI=1S/C31H46O2/c1-4-5-6-7-8-9-13-21-31(2,3)27-19-20-29(26-17-14-18-28(32)22-26)30(23-27)33-24-25-15-11-10-12-16-25/h10-12,15-16,19-20,23,26,28,32H,4-9,13-14,17-18,21-22,24H2,1-3H3/t26-,28+/m1/s1. The lowest BCUT2D eigenvalue weighted by Crippen LogP contribution is -2.20. The van der Waals surface area contributed by atoms with Crippen LogP contribution in [0, 0.1) is 0 Å². The molecule has 33 heavy (non-hydrogen) atoms. The van der Waals surface area contributed by atoms with E-state index in [0.717, 1.165) is 31.4 Å². The molecule has 2 aromatic rings. The largest absolute Gasteiger partial charge is 0.489 e. The summed E-state index contributed by atoms with van der Waals surface area (Å²) >= 11 is 0. The third kappa shape index (κ3) is 8.18. The fourth-order valence-electron chi connectivity index (χ4n) is 5.27. The Kier molecular flexibility index (Phi) is 10.3. The SMILES string of the molecule is CCCCCCCCCC(C)(C)c1ccc([C@@H]2CCC[C@H](O)C2)c(OCc2ccccc2)c1. The van der Waals surface area contributed by atoms with E-state index in [1.807, 2.05) is 6.07 Å². The van der Waals surface area contributed by atoms with Gasteiger partial charge in [0, 0.05) is 0 Å². The predicted molar refractivity (Wildman–Crippen MR) is 140 cm³/mol. The van der Waals surface area contributed by atoms with E-state index in [1.54, 1.807) is 0 Å². The molecule has 2 atom stereocenters. The summed E-state index contributed by atoms with van der Waals surface area (Å²) in [4.78, 5) is 0. The smallest absolute Gasteiger partial charge is 0.123 e. The molecule has 0 spiro atoms. The molecular weight excluding hydrogens is 404 g/mol. The zero-order valence-electron chi connectivity index (χ0n) is 21.3. The van der Waals surface area contributed by atoms with Crippen molar-refractivity contribution in [3.63, 3.8) is 0 Å². The summed E-state index contributed by atoms with van der Waals surface area (Å²) < 4.78 is 6.45. The molecule has 0 unspecified atom stereocenters. The van der Waals surface area contributed by atoms with E-state index in [-0.39, 0.29) is 11.5 Å². The topological polar surface area (TPSA) is 29.5 Å². The molecule has 0 heterocycles. The molecule has 1 N–H and O–H groups in total. The van der Waals surface area contributed by atoms with Crippen LogP contribution in [0.2, 0.25) is 0 Å². The lowest BCUT2D eigenvalue weighted by Gasteiger charge is -2.30. The van der Waals surface area contributed by atoms with E-state index in [1.165, 1.54) is 68.1 Å². The third-order valence-corrected chi connectivity index (χ3v) is 7.52. The maximum absolute atomic E-state index is 10.3. The summed E-state index contributed by atoms with van der Waals surface area (Å²) in [5.41, 5.74) is 3.98. The van der Waals surface area contributed by atoms with E-state index in [4.69, 9.17) is 4.74 Å². The minimum atomic E-state index is -0.181. The first-order chi connectivity index (χ1) is 16.0. The van der Waals surface area contributed by atoms with Crippen molar-refractivity contribution in [2.75, 3.05) is 0 Å². The van der Waals surface area contributed by atoms with E-state index in [9.17, 15) is 5.11 Å². The van der Waals surface area contributed by atoms with Crippen LogP contribution >= 0.6 is 0 Å². The Morgan fingerprint density at radius 2 is 1.64 bits per heavy atom. The number of hydrogen-bond donors (Lipinski definition) is 1. The lowest BCUT2D eigenvalue weighted by atomic mass is 9.77. The molecular formula is C31H46O2. The van der Waals surface area contributed by atoms with Crippen molar-refractivity contribution < 1.29 is 9.84 Å². The van der Waals surface area contributed by atoms with Crippen LogP contribution in [0.5, 0.6) is 5.75 Å². The Morgan fingerprint density at radius 1 is 0.909 bits per heavy atom. The highest BCUT2D eigenvalue weighted by Crippen LogP contribution is 2.41. The van der Waals surface area contributed by atoms with E-state index in [0.29, 0.717) is 12.5 Å². The molecule has 2 heteroatoms. The highest BCUT2D eigenvalue weighted by molar-refractivity contribution is 5.43. The van der Waals surface area contributed by atoms with Crippen LogP contribution in [-0.4, -0.2) is 11.2 Å². The minimum absolute atomic E-state index is 0.138. The van der Waals surface area contributed by atoms with Crippen molar-refractivity contribution in [2.45, 2.75) is 122 Å². The molecule has 0 saturated heterocycles. The van der Waals surface area contributed by atoms with Crippen molar-refractivity contribution in [2.24, 2.45) is 0 Å². The molecule has 1 fully saturated rings. The monoisotopic (exact) mass is 450 g/mol. The Balaban J connectivity index is 1.69. The molecule has 0 bridgehead atoms. The number of hydrogen-bond acceptors (Lipinski definition) is 2. The van der Waals surface area contributed by atoms with Crippen LogP contribution in [-0.2, 0) is 12.0 Å². The first-order valence-corrected chi connectivity index (χ1v) is 13.5. The minimum Gasteiger partial charge on any atom is -0.489 e. The zero-order valence-corrected chi connectivity index (χ0v) is 21.3. The van der Waals surface area contributed by atoms with Crippen LogP contribution in [0.3, 0.4) is 0 Å². The molecule has 0 aliphatic heterocycles. The number of aliphatic hydroxyl groups is 1. The van der Waals surface area contributed by atoms with Gasteiger partial charge in [-0.25, -0.2) is 0 Å². The highest BCUT2D eigenvalue weighted by atomic mass is 16.5. The Hall–Kier alpha value is -1.80. The van der Waals surface area contributed by atoms with Crippen LogP contribution in [0.25, 0.3) is 0 Å². The number of aliphatic hydroxyl groups excluding tert-OH is 1. The average molecular weight is 451 g/mol. The number of ether oxygens (including phenoxy) is 1. The Labute approximate surface area is 202 Å². The summed E-state index contributed by atoms with van der Waals surface area (Å²) in [7, 11) is 0. The van der Waals surface area contributed by atoms with Crippen LogP contribution in [0.4, 0.5) is 0 Å². The van der Waals surface area contributed by atoms with Crippen molar-refractivity contribution in [1.82, 2.24) is 0 Å². The van der Waals surface area contributed by atoms with Gasteiger partial charge in [-0.3, -0.25) is 0 Å². The van der Waals surface area contributed by atoms with E-state index >= 15 is 0 Å². The summed E-state index contributed by atoms with van der Waals surface area (Å²) in [5.74, 6) is 1.41. The van der Waals surface area contributed by atoms with Gasteiger partial charge in [-0.15, -0.1) is 0 Å². The van der Waals surface area contributed by atoms with Gasteiger partial charge in [0.25, 0.3) is 0 Å². The van der Waals surface area contributed by atoms with Crippen molar-refractivity contribution in [3.05, 3.63) is 65.2 Å². The van der Waals surface area contributed by atoms with Crippen molar-refractivity contribution >= 4 is 0 Å². The first-order valence-electron chi connectivity index (χ1n) is 13.5. The number of unbranched alkanes of at least 4 members (excludes halogenated alkanes) is 6. The molecule has 1 saturated carbocycles.